The Balaban J connectivity index is 1.31. The van der Waals surface area contributed by atoms with Gasteiger partial charge in [-0.25, -0.2) is 4.79 Å². The normalized spacial score (nSPS) is 22.6. The van der Waals surface area contributed by atoms with Crippen LogP contribution in [0.2, 0.25) is 0 Å². The lowest BCUT2D eigenvalue weighted by Crippen LogP contribution is -2.36. The van der Waals surface area contributed by atoms with E-state index < -0.39 is 0 Å². The number of rotatable bonds is 18. The summed E-state index contributed by atoms with van der Waals surface area (Å²) >= 11 is 1.92. The minimum absolute atomic E-state index is 0.0464. The summed E-state index contributed by atoms with van der Waals surface area (Å²) < 4.78 is 16.2. The highest BCUT2D eigenvalue weighted by Gasteiger charge is 2.42. The Morgan fingerprint density at radius 2 is 1.70 bits per heavy atom. The Bertz CT molecular complexity index is 500. The predicted octanol–water partition coefficient (Wildman–Crippen LogP) is 0.617. The third-order valence-electron chi connectivity index (χ3n) is 5.11. The predicted molar refractivity (Wildman–Crippen MR) is 118 cm³/mol. The third kappa shape index (κ3) is 10.3. The fourth-order valence-corrected chi connectivity index (χ4v) is 5.04. The van der Waals surface area contributed by atoms with E-state index in [4.69, 9.17) is 19.9 Å². The van der Waals surface area contributed by atoms with Gasteiger partial charge in [0.05, 0.1) is 38.5 Å². The van der Waals surface area contributed by atoms with Crippen LogP contribution in [-0.4, -0.2) is 87.8 Å². The van der Waals surface area contributed by atoms with Gasteiger partial charge in [-0.3, -0.25) is 4.79 Å². The second kappa shape index (κ2) is 15.7. The van der Waals surface area contributed by atoms with Gasteiger partial charge in [-0.2, -0.15) is 11.8 Å². The van der Waals surface area contributed by atoms with Crippen molar-refractivity contribution in [2.24, 2.45) is 5.73 Å². The van der Waals surface area contributed by atoms with Crippen LogP contribution in [0.15, 0.2) is 0 Å². The van der Waals surface area contributed by atoms with Gasteiger partial charge < -0.3 is 35.9 Å². The van der Waals surface area contributed by atoms with E-state index in [0.717, 1.165) is 37.9 Å². The highest BCUT2D eigenvalue weighted by molar-refractivity contribution is 8.00. The third-order valence-corrected chi connectivity index (χ3v) is 6.61. The molecule has 5 N–H and O–H groups in total. The van der Waals surface area contributed by atoms with Crippen molar-refractivity contribution < 1.29 is 23.8 Å². The molecule has 2 saturated heterocycles. The van der Waals surface area contributed by atoms with Crippen LogP contribution in [0, 0.1) is 0 Å². The first-order valence-electron chi connectivity index (χ1n) is 11.1. The van der Waals surface area contributed by atoms with E-state index in [2.05, 4.69) is 16.0 Å². The molecule has 0 aromatic heterocycles. The largest absolute Gasteiger partial charge is 0.379 e. The number of unbranched alkanes of at least 4 members (excludes halogenated alkanes) is 1. The highest BCUT2D eigenvalue weighted by Crippen LogP contribution is 2.33. The number of fused-ring (bicyclic) bond motifs is 1. The molecule has 3 amide bonds. The quantitative estimate of drug-likeness (QED) is 0.137. The number of ether oxygens (including phenoxy) is 3. The van der Waals surface area contributed by atoms with Gasteiger partial charge in [0.25, 0.3) is 0 Å². The number of urea groups is 1. The van der Waals surface area contributed by atoms with Crippen molar-refractivity contribution in [3.05, 3.63) is 0 Å². The Hall–Kier alpha value is -1.07. The van der Waals surface area contributed by atoms with Gasteiger partial charge in [-0.15, -0.1) is 0 Å². The van der Waals surface area contributed by atoms with Gasteiger partial charge in [-0.05, 0) is 32.2 Å². The molecule has 2 aliphatic heterocycles. The maximum atomic E-state index is 11.9. The summed E-state index contributed by atoms with van der Waals surface area (Å²) in [7, 11) is 0. The summed E-state index contributed by atoms with van der Waals surface area (Å²) in [5.41, 5.74) is 5.38. The van der Waals surface area contributed by atoms with Crippen LogP contribution in [0.1, 0.15) is 38.5 Å². The second-order valence-corrected chi connectivity index (χ2v) is 8.82. The van der Waals surface area contributed by atoms with Crippen molar-refractivity contribution in [3.8, 4) is 0 Å². The molecule has 10 heteroatoms. The Labute approximate surface area is 183 Å². The molecule has 0 aromatic carbocycles. The fraction of sp³-hybridized carbons (Fsp3) is 0.900. The van der Waals surface area contributed by atoms with E-state index in [1.54, 1.807) is 0 Å². The number of hydrogen-bond acceptors (Lipinski definition) is 7. The van der Waals surface area contributed by atoms with Crippen molar-refractivity contribution in [2.75, 3.05) is 58.5 Å². The molecule has 2 aliphatic rings. The van der Waals surface area contributed by atoms with Gasteiger partial charge in [0.2, 0.25) is 5.91 Å². The highest BCUT2D eigenvalue weighted by atomic mass is 32.2. The zero-order chi connectivity index (χ0) is 21.4. The molecule has 0 bridgehead atoms. The molecule has 0 saturated carbocycles. The lowest BCUT2D eigenvalue weighted by atomic mass is 10.0. The smallest absolute Gasteiger partial charge is 0.315 e. The summed E-state index contributed by atoms with van der Waals surface area (Å²) in [6, 6.07) is 0.469. The average Bonchev–Trinajstić information content (AvgIpc) is 3.28. The minimum Gasteiger partial charge on any atom is -0.379 e. The lowest BCUT2D eigenvalue weighted by molar-refractivity contribution is -0.121. The maximum Gasteiger partial charge on any atom is 0.315 e. The number of carbonyl (C=O) groups is 2. The molecule has 2 rings (SSSR count). The van der Waals surface area contributed by atoms with Gasteiger partial charge in [-0.1, -0.05) is 6.42 Å². The van der Waals surface area contributed by atoms with E-state index >= 15 is 0 Å². The molecule has 2 heterocycles. The topological polar surface area (TPSA) is 124 Å². The summed E-state index contributed by atoms with van der Waals surface area (Å²) in [5.74, 6) is 1.08. The van der Waals surface area contributed by atoms with E-state index in [9.17, 15) is 9.59 Å². The fourth-order valence-electron chi connectivity index (χ4n) is 3.49. The lowest BCUT2D eigenvalue weighted by Gasteiger charge is -2.16. The second-order valence-electron chi connectivity index (χ2n) is 7.55. The average molecular weight is 453 g/mol. The zero-order valence-electron chi connectivity index (χ0n) is 17.9. The first-order valence-corrected chi connectivity index (χ1v) is 12.1. The molecule has 0 radical (unpaired) electrons. The molecular formula is C20H38N4O5S. The number of carbonyl (C=O) groups excluding carboxylic acids is 2. The molecule has 30 heavy (non-hydrogen) atoms. The molecule has 2 fully saturated rings. The van der Waals surface area contributed by atoms with Crippen LogP contribution in [-0.2, 0) is 19.0 Å². The maximum absolute atomic E-state index is 11.9. The van der Waals surface area contributed by atoms with Crippen molar-refractivity contribution in [3.63, 3.8) is 0 Å². The monoisotopic (exact) mass is 452 g/mol. The summed E-state index contributed by atoms with van der Waals surface area (Å²) in [4.78, 5) is 23.3. The molecule has 1 unspecified atom stereocenters. The van der Waals surface area contributed by atoms with Gasteiger partial charge in [0.1, 0.15) is 0 Å². The Morgan fingerprint density at radius 3 is 2.43 bits per heavy atom. The molecule has 3 atom stereocenters. The summed E-state index contributed by atoms with van der Waals surface area (Å²) in [5, 5.41) is 9.36. The van der Waals surface area contributed by atoms with Crippen molar-refractivity contribution in [2.45, 2.75) is 55.9 Å². The van der Waals surface area contributed by atoms with Gasteiger partial charge in [0, 0.05) is 37.2 Å². The van der Waals surface area contributed by atoms with E-state index in [0.29, 0.717) is 64.4 Å². The molecule has 9 nitrogen and oxygen atoms in total. The number of amides is 3. The van der Waals surface area contributed by atoms with Crippen molar-refractivity contribution in [1.82, 2.24) is 16.0 Å². The number of nitrogens with one attached hydrogen (secondary N) is 3. The van der Waals surface area contributed by atoms with Gasteiger partial charge in [0.15, 0.2) is 0 Å². The van der Waals surface area contributed by atoms with Crippen molar-refractivity contribution >= 4 is 23.7 Å². The van der Waals surface area contributed by atoms with Crippen LogP contribution < -0.4 is 21.7 Å². The van der Waals surface area contributed by atoms with Crippen LogP contribution >= 0.6 is 11.8 Å². The molecular weight excluding hydrogens is 414 g/mol. The van der Waals surface area contributed by atoms with Crippen LogP contribution in [0.3, 0.4) is 0 Å². The Kier molecular flexibility index (Phi) is 13.2. The Morgan fingerprint density at radius 1 is 1.00 bits per heavy atom. The van der Waals surface area contributed by atoms with Gasteiger partial charge >= 0.3 is 6.03 Å². The standard InChI is InChI=1S/C20H38N4O5S/c21-7-3-9-27-11-13-29-14-12-28-10-4-8-22-18(25)6-2-1-5-17-19-16(15-30-17)23-20(26)24-19/h16-17,19H,1-15,21H2,(H,22,25)(H2,23,24,26)/t16-,17?,19-/m0/s1/i3+1,4+1,7+1,8+1,9+1,10+1. The molecule has 0 aromatic rings. The molecule has 174 valence electrons. The zero-order valence-corrected chi connectivity index (χ0v) is 18.7. The van der Waals surface area contributed by atoms with Crippen LogP contribution in [0.4, 0.5) is 4.79 Å². The number of nitrogens with two attached hydrogens (primary N) is 1. The summed E-state index contributed by atoms with van der Waals surface area (Å²) in [6.45, 7) is 4.82. The van der Waals surface area contributed by atoms with E-state index in [-0.39, 0.29) is 24.0 Å². The van der Waals surface area contributed by atoms with Crippen molar-refractivity contribution in [1.29, 1.82) is 0 Å². The minimum atomic E-state index is -0.0464. The van der Waals surface area contributed by atoms with Crippen LogP contribution in [0.5, 0.6) is 0 Å². The number of hydrogen-bond donors (Lipinski definition) is 4. The molecule has 0 aliphatic carbocycles. The summed E-state index contributed by atoms with van der Waals surface area (Å²) in [6.07, 6.45) is 5.15. The first-order chi connectivity index (χ1) is 14.7. The number of thioether (sulfide) groups is 1. The SMILES string of the molecule is N[13CH2][13CH2][13CH2]OCCOCCO[13CH2][13CH2][13CH2]NC(=O)CCCCC1SC[C@@H]2NC(=O)N[C@H]12. The first kappa shape index (κ1) is 25.2. The van der Waals surface area contributed by atoms with E-state index in [1.807, 2.05) is 11.8 Å². The van der Waals surface area contributed by atoms with Crippen LogP contribution in [0.25, 0.3) is 0 Å². The molecule has 0 spiro atoms. The van der Waals surface area contributed by atoms with E-state index in [1.165, 1.54) is 0 Å².